The summed E-state index contributed by atoms with van der Waals surface area (Å²) in [6.45, 7) is 3.69. The molecule has 2 N–H and O–H groups in total. The zero-order valence-corrected chi connectivity index (χ0v) is 20.5. The predicted octanol–water partition coefficient (Wildman–Crippen LogP) is 4.64. The lowest BCUT2D eigenvalue weighted by Crippen LogP contribution is -2.41. The Morgan fingerprint density at radius 2 is 2.18 bits per heavy atom. The van der Waals surface area contributed by atoms with E-state index in [1.54, 1.807) is 0 Å². The highest BCUT2D eigenvalue weighted by Crippen LogP contribution is 2.49. The first-order valence-electron chi connectivity index (χ1n) is 12.7. The lowest BCUT2D eigenvalue weighted by molar-refractivity contribution is -0.119. The molecule has 2 aromatic heterocycles. The molecule has 3 aliphatic rings. The molecule has 34 heavy (non-hydrogen) atoms. The number of benzene rings is 1. The molecule has 0 radical (unpaired) electrons. The van der Waals surface area contributed by atoms with Gasteiger partial charge in [-0.2, -0.15) is 0 Å². The average Bonchev–Trinajstić information content (AvgIpc) is 3.67. The fourth-order valence-corrected chi connectivity index (χ4v) is 7.21. The highest BCUT2D eigenvalue weighted by Gasteiger charge is 2.42. The van der Waals surface area contributed by atoms with E-state index in [4.69, 9.17) is 4.74 Å². The Labute approximate surface area is 204 Å². The number of nitrogens with zero attached hydrogens (tertiary/aromatic N) is 3. The van der Waals surface area contributed by atoms with Crippen LogP contribution in [0.2, 0.25) is 0 Å². The summed E-state index contributed by atoms with van der Waals surface area (Å²) < 4.78 is 8.07. The van der Waals surface area contributed by atoms with Gasteiger partial charge in [-0.05, 0) is 62.8 Å². The summed E-state index contributed by atoms with van der Waals surface area (Å²) in [5, 5.41) is 14.3. The molecule has 7 nitrogen and oxygen atoms in total. The minimum absolute atomic E-state index is 0.0839. The number of rotatable bonds is 8. The van der Waals surface area contributed by atoms with E-state index in [1.807, 2.05) is 18.3 Å². The lowest BCUT2D eigenvalue weighted by Gasteiger charge is -2.28. The molecular weight excluding hydrogens is 446 g/mol. The Hall–Kier alpha value is -2.32. The maximum Gasteiger partial charge on any atom is 0.230 e. The molecule has 1 aromatic carbocycles. The standard InChI is InChI=1S/C26H33N5O2S/c1-16(21-12-17-8-9-18(21)11-17)28-24(32)15-34-26-30-29-25(31(26)14-19-5-4-10-33-19)22-13-27-23-7-3-2-6-20(22)23/h2-3,6-7,13,16-19,21,27H,4-5,8-12,14-15H2,1H3,(H,28,32). The van der Waals surface area contributed by atoms with E-state index >= 15 is 0 Å². The normalized spacial score (nSPS) is 27.0. The molecule has 180 valence electrons. The van der Waals surface area contributed by atoms with Gasteiger partial charge in [0.15, 0.2) is 11.0 Å². The van der Waals surface area contributed by atoms with Crippen molar-refractivity contribution in [2.75, 3.05) is 12.4 Å². The van der Waals surface area contributed by atoms with Crippen LogP contribution in [0.5, 0.6) is 0 Å². The minimum Gasteiger partial charge on any atom is -0.376 e. The van der Waals surface area contributed by atoms with Crippen LogP contribution >= 0.6 is 11.8 Å². The zero-order valence-electron chi connectivity index (χ0n) is 19.7. The number of para-hydroxylation sites is 1. The molecule has 8 heteroatoms. The number of thioether (sulfide) groups is 1. The summed E-state index contributed by atoms with van der Waals surface area (Å²) in [5.74, 6) is 3.60. The summed E-state index contributed by atoms with van der Waals surface area (Å²) in [4.78, 5) is 16.2. The molecule has 2 bridgehead atoms. The zero-order chi connectivity index (χ0) is 23.1. The second-order valence-electron chi connectivity index (χ2n) is 10.3. The molecule has 6 rings (SSSR count). The van der Waals surface area contributed by atoms with Crippen molar-refractivity contribution in [3.63, 3.8) is 0 Å². The number of fused-ring (bicyclic) bond motifs is 3. The summed E-state index contributed by atoms with van der Waals surface area (Å²) in [6, 6.07) is 8.48. The van der Waals surface area contributed by atoms with Crippen molar-refractivity contribution in [3.05, 3.63) is 30.5 Å². The van der Waals surface area contributed by atoms with Gasteiger partial charge in [-0.25, -0.2) is 0 Å². The van der Waals surface area contributed by atoms with Gasteiger partial charge in [-0.15, -0.1) is 10.2 Å². The van der Waals surface area contributed by atoms with Gasteiger partial charge in [-0.3, -0.25) is 9.36 Å². The molecule has 0 spiro atoms. The van der Waals surface area contributed by atoms with Gasteiger partial charge in [0.1, 0.15) is 0 Å². The van der Waals surface area contributed by atoms with Gasteiger partial charge >= 0.3 is 0 Å². The highest BCUT2D eigenvalue weighted by molar-refractivity contribution is 7.99. The van der Waals surface area contributed by atoms with Crippen molar-refractivity contribution in [3.8, 4) is 11.4 Å². The number of hydrogen-bond donors (Lipinski definition) is 2. The van der Waals surface area contributed by atoms with Crippen molar-refractivity contribution >= 4 is 28.6 Å². The number of ether oxygens (including phenoxy) is 1. The van der Waals surface area contributed by atoms with E-state index in [0.29, 0.717) is 18.2 Å². The number of aromatic nitrogens is 4. The average molecular weight is 480 g/mol. The van der Waals surface area contributed by atoms with Crippen molar-refractivity contribution in [1.82, 2.24) is 25.1 Å². The first kappa shape index (κ1) is 22.2. The number of nitrogens with one attached hydrogen (secondary N) is 2. The van der Waals surface area contributed by atoms with E-state index < -0.39 is 0 Å². The van der Waals surface area contributed by atoms with Crippen molar-refractivity contribution < 1.29 is 9.53 Å². The van der Waals surface area contributed by atoms with Gasteiger partial charge in [0.25, 0.3) is 0 Å². The van der Waals surface area contributed by atoms with Gasteiger partial charge in [0.05, 0.1) is 18.4 Å². The largest absolute Gasteiger partial charge is 0.376 e. The minimum atomic E-state index is 0.0839. The van der Waals surface area contributed by atoms with Crippen molar-refractivity contribution in [1.29, 1.82) is 0 Å². The molecule has 5 atom stereocenters. The number of amides is 1. The number of aromatic amines is 1. The Morgan fingerprint density at radius 1 is 1.26 bits per heavy atom. The maximum atomic E-state index is 12.8. The van der Waals surface area contributed by atoms with Crippen LogP contribution in [-0.4, -0.2) is 50.2 Å². The summed E-state index contributed by atoms with van der Waals surface area (Å²) in [7, 11) is 0. The monoisotopic (exact) mass is 479 g/mol. The van der Waals surface area contributed by atoms with E-state index in [1.165, 1.54) is 37.4 Å². The molecule has 2 aliphatic carbocycles. The molecular formula is C26H33N5O2S. The number of hydrogen-bond acceptors (Lipinski definition) is 5. The quantitative estimate of drug-likeness (QED) is 0.460. The first-order valence-corrected chi connectivity index (χ1v) is 13.7. The van der Waals surface area contributed by atoms with E-state index in [2.05, 4.69) is 44.1 Å². The van der Waals surface area contributed by atoms with E-state index in [0.717, 1.165) is 58.7 Å². The SMILES string of the molecule is CC(NC(=O)CSc1nnc(-c2c[nH]c3ccccc23)n1CC1CCCO1)C1CC2CCC1C2. The molecule has 1 amide bonds. The summed E-state index contributed by atoms with van der Waals surface area (Å²) in [5.41, 5.74) is 2.11. The number of carbonyl (C=O) groups excluding carboxylic acids is 1. The van der Waals surface area contributed by atoms with Crippen LogP contribution in [0.25, 0.3) is 22.3 Å². The Balaban J connectivity index is 1.18. The maximum absolute atomic E-state index is 12.8. The van der Waals surface area contributed by atoms with Crippen LogP contribution in [0.4, 0.5) is 0 Å². The third-order valence-corrected chi connectivity index (χ3v) is 9.08. The summed E-state index contributed by atoms with van der Waals surface area (Å²) in [6.07, 6.45) is 9.65. The highest BCUT2D eigenvalue weighted by atomic mass is 32.2. The van der Waals surface area contributed by atoms with Gasteiger partial charge in [-0.1, -0.05) is 36.4 Å². The smallest absolute Gasteiger partial charge is 0.230 e. The number of H-pyrrole nitrogens is 1. The predicted molar refractivity (Wildman–Crippen MR) is 134 cm³/mol. The Morgan fingerprint density at radius 3 is 2.97 bits per heavy atom. The van der Waals surface area contributed by atoms with Crippen molar-refractivity contribution in [2.24, 2.45) is 17.8 Å². The summed E-state index contributed by atoms with van der Waals surface area (Å²) >= 11 is 1.47. The number of carbonyl (C=O) groups is 1. The van der Waals surface area contributed by atoms with Crippen LogP contribution < -0.4 is 5.32 Å². The second-order valence-corrected chi connectivity index (χ2v) is 11.2. The van der Waals surface area contributed by atoms with E-state index in [-0.39, 0.29) is 18.1 Å². The molecule has 2 saturated carbocycles. The van der Waals surface area contributed by atoms with Crippen LogP contribution in [-0.2, 0) is 16.1 Å². The molecule has 3 fully saturated rings. The molecule has 5 unspecified atom stereocenters. The molecule has 1 aliphatic heterocycles. The Kier molecular flexibility index (Phi) is 6.11. The van der Waals surface area contributed by atoms with Crippen molar-refractivity contribution in [2.45, 2.75) is 69.3 Å². The lowest BCUT2D eigenvalue weighted by atomic mass is 9.84. The second kappa shape index (κ2) is 9.38. The molecule has 3 aromatic rings. The Bertz CT molecular complexity index is 1170. The third kappa shape index (κ3) is 4.26. The van der Waals surface area contributed by atoms with E-state index in [9.17, 15) is 4.79 Å². The van der Waals surface area contributed by atoms with Gasteiger partial charge < -0.3 is 15.0 Å². The first-order chi connectivity index (χ1) is 16.7. The van der Waals surface area contributed by atoms with Crippen LogP contribution in [0.1, 0.15) is 45.4 Å². The molecule has 1 saturated heterocycles. The van der Waals surface area contributed by atoms with Gasteiger partial charge in [0, 0.05) is 35.3 Å². The third-order valence-electron chi connectivity index (χ3n) is 8.11. The fraction of sp³-hybridized carbons (Fsp3) is 0.577. The topological polar surface area (TPSA) is 84.8 Å². The fourth-order valence-electron chi connectivity index (χ4n) is 6.45. The van der Waals surface area contributed by atoms with Crippen LogP contribution in [0.15, 0.2) is 35.6 Å². The van der Waals surface area contributed by atoms with Gasteiger partial charge in [0.2, 0.25) is 5.91 Å². The van der Waals surface area contributed by atoms with Crippen LogP contribution in [0.3, 0.4) is 0 Å². The van der Waals surface area contributed by atoms with Crippen LogP contribution in [0, 0.1) is 17.8 Å². The molecule has 3 heterocycles.